The molecule has 0 bridgehead atoms. The number of nitrogens with zero attached hydrogens (tertiary/aromatic N) is 3. The van der Waals surface area contributed by atoms with E-state index in [1.807, 2.05) is 10.8 Å². The van der Waals surface area contributed by atoms with Gasteiger partial charge in [-0.25, -0.2) is 9.37 Å². The van der Waals surface area contributed by atoms with Gasteiger partial charge in [0.15, 0.2) is 0 Å². The Balaban J connectivity index is 2.15. The maximum atomic E-state index is 12.5. The summed E-state index contributed by atoms with van der Waals surface area (Å²) >= 11 is 0. The normalized spacial score (nSPS) is 10.2. The molecule has 0 spiro atoms. The fraction of sp³-hybridized carbons (Fsp3) is 0.111. The molecule has 0 saturated carbocycles. The lowest BCUT2D eigenvalue weighted by Crippen LogP contribution is -1.98. The van der Waals surface area contributed by atoms with Crippen LogP contribution in [0.5, 0.6) is 0 Å². The lowest BCUT2D eigenvalue weighted by Gasteiger charge is -2.00. The second-order valence-corrected chi connectivity index (χ2v) is 2.70. The third-order valence-corrected chi connectivity index (χ3v) is 1.69. The van der Waals surface area contributed by atoms with Gasteiger partial charge in [0.05, 0.1) is 24.8 Å². The van der Waals surface area contributed by atoms with Crippen LogP contribution >= 0.6 is 0 Å². The van der Waals surface area contributed by atoms with Gasteiger partial charge in [0.1, 0.15) is 5.82 Å². The van der Waals surface area contributed by atoms with Crippen molar-refractivity contribution in [1.82, 2.24) is 14.5 Å². The Labute approximate surface area is 74.9 Å². The molecule has 0 atom stereocenters. The standard InChI is InChI=1S/C9H8FN3/c10-8-1-2-9(12-5-8)6-13-4-3-11-7-13/h1-5,7H,6H2. The molecule has 2 aromatic rings. The Kier molecular flexibility index (Phi) is 2.04. The largest absolute Gasteiger partial charge is 0.331 e. The van der Waals surface area contributed by atoms with Gasteiger partial charge in [-0.15, -0.1) is 0 Å². The summed E-state index contributed by atoms with van der Waals surface area (Å²) in [4.78, 5) is 7.83. The number of aromatic nitrogens is 3. The Morgan fingerprint density at radius 2 is 2.31 bits per heavy atom. The van der Waals surface area contributed by atoms with Crippen molar-refractivity contribution in [2.75, 3.05) is 0 Å². The van der Waals surface area contributed by atoms with E-state index in [4.69, 9.17) is 0 Å². The minimum atomic E-state index is -0.311. The molecule has 4 heteroatoms. The van der Waals surface area contributed by atoms with E-state index in [0.717, 1.165) is 5.69 Å². The van der Waals surface area contributed by atoms with Gasteiger partial charge < -0.3 is 4.57 Å². The average molecular weight is 177 g/mol. The van der Waals surface area contributed by atoms with Crippen molar-refractivity contribution in [3.8, 4) is 0 Å². The molecule has 0 aliphatic heterocycles. The Hall–Kier alpha value is -1.71. The van der Waals surface area contributed by atoms with E-state index in [-0.39, 0.29) is 5.82 Å². The van der Waals surface area contributed by atoms with Gasteiger partial charge in [-0.1, -0.05) is 0 Å². The number of pyridine rings is 1. The van der Waals surface area contributed by atoms with Crippen LogP contribution in [0.3, 0.4) is 0 Å². The molecule has 3 nitrogen and oxygen atoms in total. The molecule has 13 heavy (non-hydrogen) atoms. The van der Waals surface area contributed by atoms with Gasteiger partial charge >= 0.3 is 0 Å². The number of hydrogen-bond acceptors (Lipinski definition) is 2. The molecule has 0 aliphatic carbocycles. The van der Waals surface area contributed by atoms with E-state index in [9.17, 15) is 4.39 Å². The molecule has 66 valence electrons. The van der Waals surface area contributed by atoms with E-state index in [2.05, 4.69) is 9.97 Å². The van der Waals surface area contributed by atoms with Gasteiger partial charge in [0.25, 0.3) is 0 Å². The highest BCUT2D eigenvalue weighted by Crippen LogP contribution is 2.00. The molecule has 2 aromatic heterocycles. The maximum Gasteiger partial charge on any atom is 0.141 e. The second kappa shape index (κ2) is 3.35. The van der Waals surface area contributed by atoms with E-state index >= 15 is 0 Å². The number of rotatable bonds is 2. The first-order valence-corrected chi connectivity index (χ1v) is 3.91. The quantitative estimate of drug-likeness (QED) is 0.695. The molecule has 0 fully saturated rings. The highest BCUT2D eigenvalue weighted by atomic mass is 19.1. The van der Waals surface area contributed by atoms with Gasteiger partial charge in [0, 0.05) is 12.4 Å². The highest BCUT2D eigenvalue weighted by molar-refractivity contribution is 5.05. The second-order valence-electron chi connectivity index (χ2n) is 2.70. The number of hydrogen-bond donors (Lipinski definition) is 0. The summed E-state index contributed by atoms with van der Waals surface area (Å²) in [5.41, 5.74) is 0.819. The highest BCUT2D eigenvalue weighted by Gasteiger charge is 1.95. The van der Waals surface area contributed by atoms with Crippen LogP contribution in [0.2, 0.25) is 0 Å². The SMILES string of the molecule is Fc1ccc(Cn2ccnc2)nc1. The van der Waals surface area contributed by atoms with Crippen LogP contribution in [0.15, 0.2) is 37.1 Å². The first kappa shape index (κ1) is 7.91. The van der Waals surface area contributed by atoms with Crippen molar-refractivity contribution in [3.63, 3.8) is 0 Å². The fourth-order valence-corrected chi connectivity index (χ4v) is 1.07. The summed E-state index contributed by atoms with van der Waals surface area (Å²) in [6.45, 7) is 0.625. The predicted octanol–water partition coefficient (Wildman–Crippen LogP) is 1.47. The van der Waals surface area contributed by atoms with E-state index in [1.54, 1.807) is 18.6 Å². The van der Waals surface area contributed by atoms with E-state index in [0.29, 0.717) is 6.54 Å². The van der Waals surface area contributed by atoms with Crippen LogP contribution < -0.4 is 0 Å². The van der Waals surface area contributed by atoms with Gasteiger partial charge in [-0.05, 0) is 12.1 Å². The molecular weight excluding hydrogens is 169 g/mol. The van der Waals surface area contributed by atoms with Crippen LogP contribution in [0.1, 0.15) is 5.69 Å². The van der Waals surface area contributed by atoms with Crippen molar-refractivity contribution in [3.05, 3.63) is 48.6 Å². The van der Waals surface area contributed by atoms with Crippen LogP contribution in [-0.2, 0) is 6.54 Å². The van der Waals surface area contributed by atoms with Crippen molar-refractivity contribution in [2.24, 2.45) is 0 Å². The predicted molar refractivity (Wildman–Crippen MR) is 45.5 cm³/mol. The maximum absolute atomic E-state index is 12.5. The van der Waals surface area contributed by atoms with Crippen LogP contribution in [-0.4, -0.2) is 14.5 Å². The Morgan fingerprint density at radius 3 is 2.92 bits per heavy atom. The number of halogens is 1. The van der Waals surface area contributed by atoms with E-state index < -0.39 is 0 Å². The first-order chi connectivity index (χ1) is 6.34. The van der Waals surface area contributed by atoms with Gasteiger partial charge in [-0.3, -0.25) is 4.98 Å². The summed E-state index contributed by atoms with van der Waals surface area (Å²) in [6.07, 6.45) is 6.45. The van der Waals surface area contributed by atoms with Crippen molar-refractivity contribution in [1.29, 1.82) is 0 Å². The molecular formula is C9H8FN3. The topological polar surface area (TPSA) is 30.7 Å². The minimum absolute atomic E-state index is 0.311. The molecule has 0 aromatic carbocycles. The average Bonchev–Trinajstić information content (AvgIpc) is 2.62. The third-order valence-electron chi connectivity index (χ3n) is 1.69. The van der Waals surface area contributed by atoms with Crippen LogP contribution in [0.25, 0.3) is 0 Å². The monoisotopic (exact) mass is 177 g/mol. The summed E-state index contributed by atoms with van der Waals surface area (Å²) in [7, 11) is 0. The zero-order valence-corrected chi connectivity index (χ0v) is 6.89. The lowest BCUT2D eigenvalue weighted by atomic mass is 10.3. The summed E-state index contributed by atoms with van der Waals surface area (Å²) in [5.74, 6) is -0.311. The zero-order valence-electron chi connectivity index (χ0n) is 6.89. The molecule has 0 unspecified atom stereocenters. The molecule has 0 radical (unpaired) electrons. The molecule has 0 aliphatic rings. The van der Waals surface area contributed by atoms with Crippen molar-refractivity contribution in [2.45, 2.75) is 6.54 Å². The van der Waals surface area contributed by atoms with Crippen LogP contribution in [0.4, 0.5) is 4.39 Å². The van der Waals surface area contributed by atoms with E-state index in [1.165, 1.54) is 12.3 Å². The van der Waals surface area contributed by atoms with Crippen molar-refractivity contribution >= 4 is 0 Å². The summed E-state index contributed by atoms with van der Waals surface area (Å²) in [6, 6.07) is 3.06. The van der Waals surface area contributed by atoms with Gasteiger partial charge in [-0.2, -0.15) is 0 Å². The van der Waals surface area contributed by atoms with Gasteiger partial charge in [0.2, 0.25) is 0 Å². The molecule has 2 heterocycles. The fourth-order valence-electron chi connectivity index (χ4n) is 1.07. The lowest BCUT2D eigenvalue weighted by molar-refractivity contribution is 0.617. The molecule has 2 rings (SSSR count). The minimum Gasteiger partial charge on any atom is -0.331 e. The van der Waals surface area contributed by atoms with Crippen LogP contribution in [0, 0.1) is 5.82 Å². The Bertz CT molecular complexity index is 366. The van der Waals surface area contributed by atoms with Crippen molar-refractivity contribution < 1.29 is 4.39 Å². The molecule has 0 amide bonds. The summed E-state index contributed by atoms with van der Waals surface area (Å²) in [5, 5.41) is 0. The number of imidazole rings is 1. The molecule has 0 N–H and O–H groups in total. The Morgan fingerprint density at radius 1 is 1.38 bits per heavy atom. The smallest absolute Gasteiger partial charge is 0.141 e. The first-order valence-electron chi connectivity index (χ1n) is 3.91. The summed E-state index contributed by atoms with van der Waals surface area (Å²) < 4.78 is 14.4. The zero-order chi connectivity index (χ0) is 9.10. The third kappa shape index (κ3) is 1.90. The molecule has 0 saturated heterocycles.